The number of thioether (sulfide) groups is 1. The first kappa shape index (κ1) is 11.3. The Bertz CT molecular complexity index is 237. The van der Waals surface area contributed by atoms with E-state index in [1.807, 2.05) is 0 Å². The molecule has 3 saturated heterocycles. The lowest BCUT2D eigenvalue weighted by molar-refractivity contribution is -0.0900. The SMILES string of the molecule is C1CC2(CO1)CC(NC1CCSC1)CCO2. The van der Waals surface area contributed by atoms with Crippen LogP contribution in [0.25, 0.3) is 0 Å². The van der Waals surface area contributed by atoms with Gasteiger partial charge in [0.15, 0.2) is 0 Å². The average Bonchev–Trinajstić information content (AvgIpc) is 2.91. The van der Waals surface area contributed by atoms with Crippen LogP contribution in [0.3, 0.4) is 0 Å². The summed E-state index contributed by atoms with van der Waals surface area (Å²) in [6.07, 6.45) is 4.74. The van der Waals surface area contributed by atoms with E-state index in [2.05, 4.69) is 17.1 Å². The fourth-order valence-electron chi connectivity index (χ4n) is 3.03. The number of hydrogen-bond acceptors (Lipinski definition) is 4. The lowest BCUT2D eigenvalue weighted by Crippen LogP contribution is -2.50. The Kier molecular flexibility index (Phi) is 3.43. The lowest BCUT2D eigenvalue weighted by atomic mass is 9.89. The first-order chi connectivity index (χ1) is 7.86. The fraction of sp³-hybridized carbons (Fsp3) is 1.00. The Morgan fingerprint density at radius 1 is 1.19 bits per heavy atom. The van der Waals surface area contributed by atoms with Gasteiger partial charge in [-0.25, -0.2) is 0 Å². The zero-order valence-corrected chi connectivity index (χ0v) is 10.6. The second-order valence-corrected chi connectivity index (χ2v) is 6.40. The average molecular weight is 243 g/mol. The molecule has 1 N–H and O–H groups in total. The van der Waals surface area contributed by atoms with Gasteiger partial charge in [0.2, 0.25) is 0 Å². The summed E-state index contributed by atoms with van der Waals surface area (Å²) >= 11 is 2.08. The van der Waals surface area contributed by atoms with E-state index < -0.39 is 0 Å². The van der Waals surface area contributed by atoms with Crippen molar-refractivity contribution >= 4 is 11.8 Å². The van der Waals surface area contributed by atoms with E-state index in [4.69, 9.17) is 9.47 Å². The van der Waals surface area contributed by atoms with Gasteiger partial charge in [-0.1, -0.05) is 0 Å². The van der Waals surface area contributed by atoms with Crippen LogP contribution in [0.1, 0.15) is 25.7 Å². The van der Waals surface area contributed by atoms with Crippen LogP contribution in [0.2, 0.25) is 0 Å². The number of ether oxygens (including phenoxy) is 2. The van der Waals surface area contributed by atoms with Gasteiger partial charge in [-0.15, -0.1) is 0 Å². The van der Waals surface area contributed by atoms with Crippen LogP contribution < -0.4 is 5.32 Å². The van der Waals surface area contributed by atoms with Crippen LogP contribution >= 0.6 is 11.8 Å². The molecule has 0 aromatic heterocycles. The number of nitrogens with one attached hydrogen (secondary N) is 1. The smallest absolute Gasteiger partial charge is 0.0951 e. The van der Waals surface area contributed by atoms with Crippen LogP contribution in [0.5, 0.6) is 0 Å². The molecular weight excluding hydrogens is 222 g/mol. The highest BCUT2D eigenvalue weighted by molar-refractivity contribution is 7.99. The van der Waals surface area contributed by atoms with Crippen molar-refractivity contribution in [2.24, 2.45) is 0 Å². The van der Waals surface area contributed by atoms with Crippen LogP contribution in [0.4, 0.5) is 0 Å². The molecule has 16 heavy (non-hydrogen) atoms. The molecule has 0 aromatic carbocycles. The van der Waals surface area contributed by atoms with Gasteiger partial charge in [-0.2, -0.15) is 11.8 Å². The van der Waals surface area contributed by atoms with Crippen molar-refractivity contribution in [1.82, 2.24) is 5.32 Å². The molecule has 3 nitrogen and oxygen atoms in total. The molecule has 0 aromatic rings. The predicted molar refractivity (Wildman–Crippen MR) is 66.0 cm³/mol. The maximum atomic E-state index is 5.95. The number of hydrogen-bond donors (Lipinski definition) is 1. The standard InChI is InChI=1S/C12H21NO2S/c1-4-15-12(3-5-14-9-12)7-10(1)13-11-2-6-16-8-11/h10-11,13H,1-9H2. The van der Waals surface area contributed by atoms with Crippen LogP contribution in [0, 0.1) is 0 Å². The zero-order chi connectivity index (χ0) is 10.8. The van der Waals surface area contributed by atoms with E-state index in [9.17, 15) is 0 Å². The van der Waals surface area contributed by atoms with Gasteiger partial charge >= 0.3 is 0 Å². The summed E-state index contributed by atoms with van der Waals surface area (Å²) in [6, 6.07) is 1.40. The lowest BCUT2D eigenvalue weighted by Gasteiger charge is -2.38. The van der Waals surface area contributed by atoms with Crippen molar-refractivity contribution in [2.45, 2.75) is 43.4 Å². The highest BCUT2D eigenvalue weighted by atomic mass is 32.2. The summed E-state index contributed by atoms with van der Waals surface area (Å²) in [7, 11) is 0. The molecule has 0 bridgehead atoms. The molecule has 1 spiro atoms. The van der Waals surface area contributed by atoms with Crippen molar-refractivity contribution < 1.29 is 9.47 Å². The van der Waals surface area contributed by atoms with E-state index in [0.717, 1.165) is 38.7 Å². The quantitative estimate of drug-likeness (QED) is 0.794. The third-order valence-electron chi connectivity index (χ3n) is 3.96. The molecule has 92 valence electrons. The minimum atomic E-state index is 0.0572. The molecule has 3 heterocycles. The summed E-state index contributed by atoms with van der Waals surface area (Å²) < 4.78 is 11.5. The highest BCUT2D eigenvalue weighted by Gasteiger charge is 2.41. The topological polar surface area (TPSA) is 30.5 Å². The maximum Gasteiger partial charge on any atom is 0.0951 e. The van der Waals surface area contributed by atoms with E-state index in [1.165, 1.54) is 24.3 Å². The first-order valence-electron chi connectivity index (χ1n) is 6.42. The summed E-state index contributed by atoms with van der Waals surface area (Å²) in [5, 5.41) is 3.81. The largest absolute Gasteiger partial charge is 0.378 e. The predicted octanol–water partition coefficient (Wildman–Crippen LogP) is 1.42. The number of rotatable bonds is 2. The van der Waals surface area contributed by atoms with E-state index in [-0.39, 0.29) is 5.60 Å². The Hall–Kier alpha value is 0.230. The molecule has 3 atom stereocenters. The van der Waals surface area contributed by atoms with Gasteiger partial charge in [0.1, 0.15) is 0 Å². The van der Waals surface area contributed by atoms with Crippen molar-refractivity contribution in [3.63, 3.8) is 0 Å². The monoisotopic (exact) mass is 243 g/mol. The van der Waals surface area contributed by atoms with Crippen LogP contribution in [-0.4, -0.2) is 49.0 Å². The molecule has 3 aliphatic rings. The van der Waals surface area contributed by atoms with E-state index in [0.29, 0.717) is 6.04 Å². The molecular formula is C12H21NO2S. The molecule has 3 fully saturated rings. The Morgan fingerprint density at radius 3 is 2.94 bits per heavy atom. The summed E-state index contributed by atoms with van der Waals surface area (Å²) in [4.78, 5) is 0. The molecule has 0 aliphatic carbocycles. The maximum absolute atomic E-state index is 5.95. The second-order valence-electron chi connectivity index (χ2n) is 5.25. The third kappa shape index (κ3) is 2.40. The molecule has 4 heteroatoms. The highest BCUT2D eigenvalue weighted by Crippen LogP contribution is 2.33. The van der Waals surface area contributed by atoms with Gasteiger partial charge in [0.25, 0.3) is 0 Å². The van der Waals surface area contributed by atoms with Gasteiger partial charge in [0, 0.05) is 37.5 Å². The van der Waals surface area contributed by atoms with Gasteiger partial charge in [-0.05, 0) is 25.0 Å². The van der Waals surface area contributed by atoms with Gasteiger partial charge in [-0.3, -0.25) is 0 Å². The van der Waals surface area contributed by atoms with Gasteiger partial charge in [0.05, 0.1) is 12.2 Å². The molecule has 0 radical (unpaired) electrons. The first-order valence-corrected chi connectivity index (χ1v) is 7.57. The second kappa shape index (κ2) is 4.84. The Morgan fingerprint density at radius 2 is 2.19 bits per heavy atom. The molecule has 3 rings (SSSR count). The van der Waals surface area contributed by atoms with Crippen molar-refractivity contribution in [1.29, 1.82) is 0 Å². The summed E-state index contributed by atoms with van der Waals surface area (Å²) in [5.41, 5.74) is 0.0572. The minimum absolute atomic E-state index is 0.0572. The van der Waals surface area contributed by atoms with E-state index in [1.54, 1.807) is 0 Å². The molecule has 0 amide bonds. The Balaban J connectivity index is 1.55. The summed E-state index contributed by atoms with van der Waals surface area (Å²) in [5.74, 6) is 2.62. The van der Waals surface area contributed by atoms with Crippen LogP contribution in [-0.2, 0) is 9.47 Å². The molecule has 3 unspecified atom stereocenters. The fourth-order valence-corrected chi connectivity index (χ4v) is 4.20. The third-order valence-corrected chi connectivity index (χ3v) is 5.12. The van der Waals surface area contributed by atoms with Crippen molar-refractivity contribution in [2.75, 3.05) is 31.3 Å². The zero-order valence-electron chi connectivity index (χ0n) is 9.74. The minimum Gasteiger partial charge on any atom is -0.378 e. The van der Waals surface area contributed by atoms with E-state index >= 15 is 0 Å². The Labute approximate surface area is 102 Å². The van der Waals surface area contributed by atoms with Gasteiger partial charge < -0.3 is 14.8 Å². The van der Waals surface area contributed by atoms with Crippen LogP contribution in [0.15, 0.2) is 0 Å². The van der Waals surface area contributed by atoms with Crippen molar-refractivity contribution in [3.8, 4) is 0 Å². The van der Waals surface area contributed by atoms with Crippen molar-refractivity contribution in [3.05, 3.63) is 0 Å². The summed E-state index contributed by atoms with van der Waals surface area (Å²) in [6.45, 7) is 2.59. The molecule has 3 aliphatic heterocycles. The molecule has 0 saturated carbocycles. The normalized spacial score (nSPS) is 44.2.